The fourth-order valence-electron chi connectivity index (χ4n) is 3.64. The van der Waals surface area contributed by atoms with Gasteiger partial charge in [0.15, 0.2) is 17.4 Å². The van der Waals surface area contributed by atoms with Crippen LogP contribution in [0.4, 0.5) is 35.1 Å². The van der Waals surface area contributed by atoms with Crippen molar-refractivity contribution in [2.24, 2.45) is 7.05 Å². The minimum absolute atomic E-state index is 0.0943. The lowest BCUT2D eigenvalue weighted by Crippen LogP contribution is -2.28. The van der Waals surface area contributed by atoms with Gasteiger partial charge in [-0.2, -0.15) is 13.2 Å². The Morgan fingerprint density at radius 3 is 2.50 bits per heavy atom. The van der Waals surface area contributed by atoms with Crippen LogP contribution in [0.1, 0.15) is 24.2 Å². The number of halogens is 4. The second kappa shape index (κ2) is 8.70. The highest BCUT2D eigenvalue weighted by Crippen LogP contribution is 2.59. The van der Waals surface area contributed by atoms with E-state index in [1.807, 2.05) is 0 Å². The number of benzene rings is 1. The van der Waals surface area contributed by atoms with Crippen molar-refractivity contribution in [1.82, 2.24) is 30.1 Å². The molecule has 0 unspecified atom stereocenters. The molecule has 3 aromatic heterocycles. The van der Waals surface area contributed by atoms with Crippen molar-refractivity contribution in [3.8, 4) is 11.1 Å². The predicted molar refractivity (Wildman–Crippen MR) is 118 cm³/mol. The Kier molecular flexibility index (Phi) is 5.65. The SMILES string of the molecule is Cn1nncc1Nc1ncc(-c2ccc(CC(=O)Nc3cc(C4(C(F)(F)F)CC4)on3)c(F)c2)cn1. The van der Waals surface area contributed by atoms with Crippen LogP contribution < -0.4 is 10.6 Å². The maximum atomic E-state index is 14.7. The van der Waals surface area contributed by atoms with Gasteiger partial charge in [0.25, 0.3) is 0 Å². The molecule has 0 saturated heterocycles. The summed E-state index contributed by atoms with van der Waals surface area (Å²) in [4.78, 5) is 20.7. The molecule has 5 rings (SSSR count). The number of carbonyl (C=O) groups excluding carboxylic acids is 1. The van der Waals surface area contributed by atoms with E-state index in [1.165, 1.54) is 35.4 Å². The van der Waals surface area contributed by atoms with E-state index in [-0.39, 0.29) is 36.4 Å². The third kappa shape index (κ3) is 4.48. The van der Waals surface area contributed by atoms with Crippen LogP contribution >= 0.6 is 0 Å². The molecular weight excluding hydrogens is 484 g/mol. The summed E-state index contributed by atoms with van der Waals surface area (Å²) in [7, 11) is 1.70. The molecule has 1 aliphatic carbocycles. The zero-order chi connectivity index (χ0) is 25.5. The van der Waals surface area contributed by atoms with Crippen molar-refractivity contribution in [2.75, 3.05) is 10.6 Å². The van der Waals surface area contributed by atoms with Crippen LogP contribution in [-0.4, -0.2) is 42.2 Å². The van der Waals surface area contributed by atoms with E-state index in [4.69, 9.17) is 4.52 Å². The molecule has 14 heteroatoms. The maximum absolute atomic E-state index is 14.7. The van der Waals surface area contributed by atoms with Crippen LogP contribution in [0.25, 0.3) is 11.1 Å². The first-order valence-electron chi connectivity index (χ1n) is 10.7. The lowest BCUT2D eigenvalue weighted by molar-refractivity contribution is -0.165. The monoisotopic (exact) mass is 502 g/mol. The van der Waals surface area contributed by atoms with Crippen LogP contribution in [0.5, 0.6) is 0 Å². The number of anilines is 3. The van der Waals surface area contributed by atoms with Gasteiger partial charge in [-0.3, -0.25) is 4.79 Å². The number of rotatable bonds is 7. The van der Waals surface area contributed by atoms with E-state index in [9.17, 15) is 22.4 Å². The van der Waals surface area contributed by atoms with E-state index in [0.717, 1.165) is 6.07 Å². The summed E-state index contributed by atoms with van der Waals surface area (Å²) in [5.41, 5.74) is -0.906. The van der Waals surface area contributed by atoms with Gasteiger partial charge >= 0.3 is 6.18 Å². The molecule has 4 aromatic rings. The number of amides is 1. The van der Waals surface area contributed by atoms with Crippen LogP contribution in [0.15, 0.2) is 47.4 Å². The molecule has 1 fully saturated rings. The molecule has 186 valence electrons. The minimum Gasteiger partial charge on any atom is -0.358 e. The molecular formula is C22H18F4N8O2. The number of nitrogens with one attached hydrogen (secondary N) is 2. The summed E-state index contributed by atoms with van der Waals surface area (Å²) in [6, 6.07) is 5.35. The zero-order valence-corrected chi connectivity index (χ0v) is 18.7. The third-order valence-corrected chi connectivity index (χ3v) is 5.89. The second-order valence-electron chi connectivity index (χ2n) is 8.35. The van der Waals surface area contributed by atoms with Crippen LogP contribution in [0.3, 0.4) is 0 Å². The summed E-state index contributed by atoms with van der Waals surface area (Å²) >= 11 is 0. The quantitative estimate of drug-likeness (QED) is 0.365. The second-order valence-corrected chi connectivity index (χ2v) is 8.35. The van der Waals surface area contributed by atoms with Crippen molar-refractivity contribution >= 4 is 23.5 Å². The molecule has 0 bridgehead atoms. The summed E-state index contributed by atoms with van der Waals surface area (Å²) < 4.78 is 60.7. The van der Waals surface area contributed by atoms with Crippen molar-refractivity contribution < 1.29 is 26.9 Å². The number of hydrogen-bond donors (Lipinski definition) is 2. The molecule has 1 aromatic carbocycles. The van der Waals surface area contributed by atoms with Crippen molar-refractivity contribution in [3.05, 3.63) is 60.0 Å². The minimum atomic E-state index is -4.46. The van der Waals surface area contributed by atoms with E-state index in [2.05, 4.69) is 36.1 Å². The smallest absolute Gasteiger partial charge is 0.358 e. The topological polar surface area (TPSA) is 124 Å². The number of hydrogen-bond acceptors (Lipinski definition) is 8. The Morgan fingerprint density at radius 1 is 1.14 bits per heavy atom. The Balaban J connectivity index is 1.22. The average molecular weight is 502 g/mol. The molecule has 0 aliphatic heterocycles. The molecule has 0 radical (unpaired) electrons. The van der Waals surface area contributed by atoms with E-state index >= 15 is 0 Å². The first-order chi connectivity index (χ1) is 17.1. The number of aromatic nitrogens is 6. The highest BCUT2D eigenvalue weighted by molar-refractivity contribution is 5.91. The first kappa shape index (κ1) is 23.4. The van der Waals surface area contributed by atoms with Gasteiger partial charge in [-0.15, -0.1) is 5.10 Å². The Labute approximate surface area is 200 Å². The molecule has 1 aliphatic rings. The van der Waals surface area contributed by atoms with Crippen LogP contribution in [0, 0.1) is 5.82 Å². The van der Waals surface area contributed by atoms with Gasteiger partial charge in [0.05, 0.1) is 12.6 Å². The molecule has 0 atom stereocenters. The van der Waals surface area contributed by atoms with E-state index in [1.54, 1.807) is 13.1 Å². The highest BCUT2D eigenvalue weighted by atomic mass is 19.4. The number of aryl methyl sites for hydroxylation is 1. The summed E-state index contributed by atoms with van der Waals surface area (Å²) in [6.07, 6.45) is -0.471. The molecule has 3 heterocycles. The van der Waals surface area contributed by atoms with Gasteiger partial charge in [-0.05, 0) is 30.0 Å². The summed E-state index contributed by atoms with van der Waals surface area (Å²) in [6.45, 7) is 0. The van der Waals surface area contributed by atoms with Gasteiger partial charge in [0.1, 0.15) is 11.2 Å². The summed E-state index contributed by atoms with van der Waals surface area (Å²) in [5.74, 6) is -0.901. The first-order valence-corrected chi connectivity index (χ1v) is 10.7. The zero-order valence-electron chi connectivity index (χ0n) is 18.7. The fraction of sp³-hybridized carbons (Fsp3) is 0.273. The lowest BCUT2D eigenvalue weighted by Gasteiger charge is -2.14. The van der Waals surface area contributed by atoms with E-state index in [0.29, 0.717) is 22.9 Å². The number of nitrogens with zero attached hydrogens (tertiary/aromatic N) is 6. The third-order valence-electron chi connectivity index (χ3n) is 5.89. The van der Waals surface area contributed by atoms with Gasteiger partial charge in [-0.25, -0.2) is 19.0 Å². The molecule has 1 amide bonds. The predicted octanol–water partition coefficient (Wildman–Crippen LogP) is 3.92. The van der Waals surface area contributed by atoms with E-state index < -0.39 is 23.3 Å². The standard InChI is InChI=1S/C22H18F4N8O2/c1-34-18(11-29-33-34)31-20-27-9-14(10-28-20)12-2-3-13(15(23)6-12)7-19(35)30-17-8-16(36-32-17)21(4-5-21)22(24,25)26/h2-3,6,8-11H,4-5,7H2,1H3,(H,27,28,31)(H,30,32,35). The van der Waals surface area contributed by atoms with Gasteiger partial charge in [-0.1, -0.05) is 22.5 Å². The Hall–Kier alpha value is -4.36. The van der Waals surface area contributed by atoms with Crippen LogP contribution in [-0.2, 0) is 23.7 Å². The van der Waals surface area contributed by atoms with Crippen LogP contribution in [0.2, 0.25) is 0 Å². The maximum Gasteiger partial charge on any atom is 0.401 e. The highest BCUT2D eigenvalue weighted by Gasteiger charge is 2.66. The normalized spacial score (nSPS) is 14.5. The Bertz CT molecular complexity index is 1410. The molecule has 0 spiro atoms. The van der Waals surface area contributed by atoms with Crippen molar-refractivity contribution in [1.29, 1.82) is 0 Å². The summed E-state index contributed by atoms with van der Waals surface area (Å²) in [5, 5.41) is 16.3. The van der Waals surface area contributed by atoms with Gasteiger partial charge < -0.3 is 15.2 Å². The van der Waals surface area contributed by atoms with Gasteiger partial charge in [0, 0.05) is 31.1 Å². The molecule has 1 saturated carbocycles. The number of alkyl halides is 3. The molecule has 2 N–H and O–H groups in total. The Morgan fingerprint density at radius 2 is 1.89 bits per heavy atom. The average Bonchev–Trinajstić information content (AvgIpc) is 3.39. The molecule has 36 heavy (non-hydrogen) atoms. The largest absolute Gasteiger partial charge is 0.401 e. The fourth-order valence-corrected chi connectivity index (χ4v) is 3.64. The van der Waals surface area contributed by atoms with Gasteiger partial charge in [0.2, 0.25) is 11.9 Å². The molecule has 10 nitrogen and oxygen atoms in total. The van der Waals surface area contributed by atoms with Crippen molar-refractivity contribution in [3.63, 3.8) is 0 Å². The lowest BCUT2D eigenvalue weighted by atomic mass is 10.0. The van der Waals surface area contributed by atoms with Crippen molar-refractivity contribution in [2.45, 2.75) is 30.9 Å². The number of carbonyl (C=O) groups is 1.